The van der Waals surface area contributed by atoms with Crippen molar-refractivity contribution in [2.24, 2.45) is 0 Å². The quantitative estimate of drug-likeness (QED) is 0.763. The van der Waals surface area contributed by atoms with Crippen molar-refractivity contribution in [2.45, 2.75) is 6.92 Å². The van der Waals surface area contributed by atoms with E-state index in [-0.39, 0.29) is 11.7 Å². The molecule has 0 aliphatic heterocycles. The molecule has 0 saturated carbocycles. The molecule has 1 heterocycles. The monoisotopic (exact) mass is 207 g/mol. The van der Waals surface area contributed by atoms with Crippen LogP contribution in [0.5, 0.6) is 0 Å². The fourth-order valence-corrected chi connectivity index (χ4v) is 1.09. The Morgan fingerprint density at radius 3 is 3.07 bits per heavy atom. The van der Waals surface area contributed by atoms with Crippen molar-refractivity contribution >= 4 is 23.5 Å². The topological polar surface area (TPSA) is 65.8 Å². The highest BCUT2D eigenvalue weighted by Gasteiger charge is 2.02. The summed E-state index contributed by atoms with van der Waals surface area (Å²) in [6.45, 7) is 1.92. The van der Waals surface area contributed by atoms with Gasteiger partial charge in [-0.05, 0) is 30.3 Å². The van der Waals surface area contributed by atoms with E-state index in [2.05, 4.69) is 10.3 Å². The Morgan fingerprint density at radius 2 is 2.50 bits per heavy atom. The Labute approximate surface area is 86.3 Å². The van der Waals surface area contributed by atoms with E-state index >= 15 is 0 Å². The fraction of sp³-hybridized carbons (Fsp3) is 0.222. The van der Waals surface area contributed by atoms with Gasteiger partial charge in [0.2, 0.25) is 5.91 Å². The van der Waals surface area contributed by atoms with Crippen molar-refractivity contribution in [3.05, 3.63) is 23.9 Å². The second-order valence-corrected chi connectivity index (χ2v) is 3.41. The average molecular weight is 207 g/mol. The first-order chi connectivity index (χ1) is 6.72. The van der Waals surface area contributed by atoms with Crippen LogP contribution in [0.4, 0.5) is 5.82 Å². The van der Waals surface area contributed by atoms with Crippen LogP contribution in [0.1, 0.15) is 5.56 Å². The number of nitriles is 1. The zero-order valence-corrected chi connectivity index (χ0v) is 8.47. The molecule has 0 aromatic carbocycles. The highest BCUT2D eigenvalue weighted by molar-refractivity contribution is 8.04. The van der Waals surface area contributed by atoms with Crippen LogP contribution in [0, 0.1) is 17.6 Å². The van der Waals surface area contributed by atoms with Crippen LogP contribution < -0.4 is 5.32 Å². The predicted octanol–water partition coefficient (Wildman–Crippen LogP) is 1.54. The van der Waals surface area contributed by atoms with E-state index in [9.17, 15) is 4.79 Å². The van der Waals surface area contributed by atoms with Crippen LogP contribution in [-0.4, -0.2) is 16.6 Å². The molecule has 0 unspecified atom stereocenters. The van der Waals surface area contributed by atoms with Gasteiger partial charge in [0.15, 0.2) is 0 Å². The Morgan fingerprint density at radius 1 is 1.71 bits per heavy atom. The summed E-state index contributed by atoms with van der Waals surface area (Å²) in [4.78, 5) is 15.1. The minimum absolute atomic E-state index is 0.131. The van der Waals surface area contributed by atoms with Crippen LogP contribution in [0.3, 0.4) is 0 Å². The van der Waals surface area contributed by atoms with Gasteiger partial charge in [-0.3, -0.25) is 4.79 Å². The zero-order valence-electron chi connectivity index (χ0n) is 7.65. The maximum atomic E-state index is 11.1. The van der Waals surface area contributed by atoms with Crippen LogP contribution in [-0.2, 0) is 4.79 Å². The summed E-state index contributed by atoms with van der Waals surface area (Å²) in [5.41, 5.74) is 1.04. The van der Waals surface area contributed by atoms with E-state index in [4.69, 9.17) is 5.26 Å². The molecule has 0 atom stereocenters. The maximum absolute atomic E-state index is 11.1. The molecule has 0 bridgehead atoms. The third kappa shape index (κ3) is 3.46. The average Bonchev–Trinajstić information content (AvgIpc) is 2.18. The number of hydrogen-bond acceptors (Lipinski definition) is 4. The lowest BCUT2D eigenvalue weighted by Crippen LogP contribution is -2.14. The van der Waals surface area contributed by atoms with Gasteiger partial charge in [0.25, 0.3) is 0 Å². The number of aryl methyl sites for hydroxylation is 1. The molecule has 14 heavy (non-hydrogen) atoms. The molecule has 0 spiro atoms. The number of carbonyl (C=O) groups is 1. The first-order valence-electron chi connectivity index (χ1n) is 3.96. The van der Waals surface area contributed by atoms with Gasteiger partial charge in [0.1, 0.15) is 11.2 Å². The van der Waals surface area contributed by atoms with Crippen LogP contribution in [0.2, 0.25) is 0 Å². The van der Waals surface area contributed by atoms with Gasteiger partial charge in [0, 0.05) is 6.20 Å². The third-order valence-electron chi connectivity index (χ3n) is 1.45. The predicted molar refractivity (Wildman–Crippen MR) is 55.7 cm³/mol. The molecule has 0 fully saturated rings. The first kappa shape index (κ1) is 10.5. The van der Waals surface area contributed by atoms with E-state index < -0.39 is 0 Å². The summed E-state index contributed by atoms with van der Waals surface area (Å²) in [5, 5.41) is 12.6. The molecule has 1 rings (SSSR count). The first-order valence-corrected chi connectivity index (χ1v) is 4.94. The smallest absolute Gasteiger partial charge is 0.236 e. The van der Waals surface area contributed by atoms with Crippen molar-refractivity contribution < 1.29 is 4.79 Å². The number of rotatable bonds is 3. The normalized spacial score (nSPS) is 9.14. The standard InChI is InChI=1S/C9H9N3OS/c1-7-2-3-8(11-4-7)12-9(13)5-14-6-10/h2-4H,5H2,1H3,(H,11,12,13). The maximum Gasteiger partial charge on any atom is 0.236 e. The molecule has 1 N–H and O–H groups in total. The fourth-order valence-electron chi connectivity index (χ4n) is 0.818. The molecule has 1 amide bonds. The number of carbonyl (C=O) groups excluding carboxylic acids is 1. The third-order valence-corrected chi connectivity index (χ3v) is 1.98. The number of pyridine rings is 1. The number of amides is 1. The second kappa shape index (κ2) is 5.25. The molecule has 4 nitrogen and oxygen atoms in total. The second-order valence-electron chi connectivity index (χ2n) is 2.65. The lowest BCUT2D eigenvalue weighted by atomic mass is 10.3. The summed E-state index contributed by atoms with van der Waals surface area (Å²) in [5.74, 6) is 0.429. The van der Waals surface area contributed by atoms with Gasteiger partial charge in [-0.2, -0.15) is 5.26 Å². The molecule has 0 radical (unpaired) electrons. The molecule has 1 aromatic heterocycles. The number of thioether (sulfide) groups is 1. The molecular weight excluding hydrogens is 198 g/mol. The number of nitrogens with one attached hydrogen (secondary N) is 1. The van der Waals surface area contributed by atoms with Gasteiger partial charge < -0.3 is 5.32 Å². The van der Waals surface area contributed by atoms with Gasteiger partial charge in [-0.1, -0.05) is 6.07 Å². The van der Waals surface area contributed by atoms with Gasteiger partial charge in [-0.15, -0.1) is 0 Å². The molecule has 0 saturated heterocycles. The molecule has 0 aliphatic rings. The Balaban J connectivity index is 2.49. The number of anilines is 1. The van der Waals surface area contributed by atoms with Crippen molar-refractivity contribution in [2.75, 3.05) is 11.1 Å². The summed E-state index contributed by atoms with van der Waals surface area (Å²) in [7, 11) is 0. The summed E-state index contributed by atoms with van der Waals surface area (Å²) < 4.78 is 0. The lowest BCUT2D eigenvalue weighted by Gasteiger charge is -2.01. The van der Waals surface area contributed by atoms with Crippen molar-refractivity contribution in [3.8, 4) is 5.40 Å². The minimum Gasteiger partial charge on any atom is -0.310 e. The van der Waals surface area contributed by atoms with E-state index in [0.29, 0.717) is 5.82 Å². The van der Waals surface area contributed by atoms with Gasteiger partial charge >= 0.3 is 0 Å². The number of thiocyanates is 1. The Bertz CT molecular complexity index is 355. The van der Waals surface area contributed by atoms with E-state index in [1.165, 1.54) is 0 Å². The summed E-state index contributed by atoms with van der Waals surface area (Å²) >= 11 is 0.904. The van der Waals surface area contributed by atoms with Crippen molar-refractivity contribution in [3.63, 3.8) is 0 Å². The highest BCUT2D eigenvalue weighted by Crippen LogP contribution is 2.04. The SMILES string of the molecule is Cc1ccc(NC(=O)CSC#N)nc1. The number of aromatic nitrogens is 1. The minimum atomic E-state index is -0.215. The highest BCUT2D eigenvalue weighted by atomic mass is 32.2. The van der Waals surface area contributed by atoms with Crippen LogP contribution in [0.15, 0.2) is 18.3 Å². The Hall–Kier alpha value is -1.54. The molecule has 72 valence electrons. The summed E-state index contributed by atoms with van der Waals surface area (Å²) in [6.07, 6.45) is 1.67. The zero-order chi connectivity index (χ0) is 10.4. The molecule has 5 heteroatoms. The van der Waals surface area contributed by atoms with Crippen molar-refractivity contribution in [1.82, 2.24) is 4.98 Å². The van der Waals surface area contributed by atoms with E-state index in [0.717, 1.165) is 17.3 Å². The number of nitrogens with zero attached hydrogens (tertiary/aromatic N) is 2. The molecular formula is C9H9N3OS. The molecule has 0 aliphatic carbocycles. The van der Waals surface area contributed by atoms with Gasteiger partial charge in [0.05, 0.1) is 5.75 Å². The molecule has 1 aromatic rings. The Kier molecular flexibility index (Phi) is 3.95. The number of hydrogen-bond donors (Lipinski definition) is 1. The van der Waals surface area contributed by atoms with Crippen molar-refractivity contribution in [1.29, 1.82) is 5.26 Å². The lowest BCUT2D eigenvalue weighted by molar-refractivity contribution is -0.113. The van der Waals surface area contributed by atoms with E-state index in [1.54, 1.807) is 12.3 Å². The van der Waals surface area contributed by atoms with Crippen LogP contribution >= 0.6 is 11.8 Å². The van der Waals surface area contributed by atoms with E-state index in [1.807, 2.05) is 18.4 Å². The van der Waals surface area contributed by atoms with Crippen LogP contribution in [0.25, 0.3) is 0 Å². The van der Waals surface area contributed by atoms with Gasteiger partial charge in [-0.25, -0.2) is 4.98 Å². The largest absolute Gasteiger partial charge is 0.310 e. The summed E-state index contributed by atoms with van der Waals surface area (Å²) in [6, 6.07) is 3.59.